The van der Waals surface area contributed by atoms with E-state index in [9.17, 15) is 0 Å². The van der Waals surface area contributed by atoms with Crippen molar-refractivity contribution in [1.82, 2.24) is 0 Å². The first kappa shape index (κ1) is 15.3. The van der Waals surface area contributed by atoms with Gasteiger partial charge < -0.3 is 0 Å². The van der Waals surface area contributed by atoms with Crippen molar-refractivity contribution in [2.24, 2.45) is 11.8 Å². The summed E-state index contributed by atoms with van der Waals surface area (Å²) in [6.45, 7) is 4.89. The van der Waals surface area contributed by atoms with E-state index >= 15 is 0 Å². The van der Waals surface area contributed by atoms with Crippen molar-refractivity contribution in [2.75, 3.05) is 13.3 Å². The second kappa shape index (κ2) is 6.33. The Hall–Kier alpha value is -0.247. The monoisotopic (exact) mass is 384 g/mol. The van der Waals surface area contributed by atoms with Gasteiger partial charge in [0.2, 0.25) is 0 Å². The Morgan fingerprint density at radius 1 is 1.05 bits per heavy atom. The Balaban J connectivity index is 1.60. The van der Waals surface area contributed by atoms with Crippen molar-refractivity contribution in [3.8, 4) is 0 Å². The van der Waals surface area contributed by atoms with Crippen molar-refractivity contribution in [2.45, 2.75) is 20.1 Å². The van der Waals surface area contributed by atoms with Gasteiger partial charge >= 0.3 is 148 Å². The van der Waals surface area contributed by atoms with Crippen LogP contribution in [0.3, 0.4) is 0 Å². The van der Waals surface area contributed by atoms with Crippen LogP contribution in [0.25, 0.3) is 6.08 Å². The molecule has 1 saturated carbocycles. The summed E-state index contributed by atoms with van der Waals surface area (Å²) in [6, 6.07) is 9.19. The zero-order valence-electron chi connectivity index (χ0n) is 13.4. The topological polar surface area (TPSA) is 0 Å². The zero-order valence-corrected chi connectivity index (χ0v) is 16.7. The average Bonchev–Trinajstić information content (AvgIpc) is 3.10. The van der Waals surface area contributed by atoms with Crippen molar-refractivity contribution < 1.29 is 23.2 Å². The SMILES string of the molecule is CP(C)C1=Cc2ccccc2[CH]1[Zr][CH]1CCC2C=CC=CC21. The molecule has 0 bridgehead atoms. The molecule has 1 aromatic rings. The van der Waals surface area contributed by atoms with E-state index in [2.05, 4.69) is 68.0 Å². The van der Waals surface area contributed by atoms with Crippen molar-refractivity contribution in [3.63, 3.8) is 0 Å². The van der Waals surface area contributed by atoms with Gasteiger partial charge in [-0.15, -0.1) is 0 Å². The van der Waals surface area contributed by atoms with Crippen LogP contribution in [0.2, 0.25) is 3.63 Å². The molecule has 4 rings (SSSR count). The fourth-order valence-electron chi connectivity index (χ4n) is 4.23. The molecule has 0 aliphatic heterocycles. The minimum absolute atomic E-state index is 0.0449. The molecule has 4 atom stereocenters. The van der Waals surface area contributed by atoms with Gasteiger partial charge in [-0.1, -0.05) is 0 Å². The maximum atomic E-state index is 2.54. The molecule has 3 aliphatic carbocycles. The molecule has 22 heavy (non-hydrogen) atoms. The van der Waals surface area contributed by atoms with Crippen LogP contribution in [-0.4, -0.2) is 13.3 Å². The molecular formula is C20H23PZr. The molecule has 1 aromatic carbocycles. The molecule has 0 heterocycles. The summed E-state index contributed by atoms with van der Waals surface area (Å²) < 4.78 is 1.88. The van der Waals surface area contributed by atoms with Crippen LogP contribution < -0.4 is 0 Å². The normalized spacial score (nSPS) is 32.0. The van der Waals surface area contributed by atoms with Crippen molar-refractivity contribution in [3.05, 3.63) is 65.0 Å². The third-order valence-electron chi connectivity index (χ3n) is 5.38. The predicted octanol–water partition coefficient (Wildman–Crippen LogP) is 5.85. The van der Waals surface area contributed by atoms with E-state index in [-0.39, 0.29) is 7.92 Å². The molecule has 0 amide bonds. The molecule has 0 N–H and O–H groups in total. The first-order chi connectivity index (χ1) is 10.7. The van der Waals surface area contributed by atoms with Gasteiger partial charge in [-0.3, -0.25) is 0 Å². The quantitative estimate of drug-likeness (QED) is 0.573. The third kappa shape index (κ3) is 2.70. The first-order valence-corrected chi connectivity index (χ1v) is 13.4. The van der Waals surface area contributed by atoms with E-state index in [1.807, 2.05) is 0 Å². The van der Waals surface area contributed by atoms with Crippen LogP contribution in [0.4, 0.5) is 0 Å². The van der Waals surface area contributed by atoms with Crippen molar-refractivity contribution in [1.29, 1.82) is 0 Å². The molecule has 4 unspecified atom stereocenters. The van der Waals surface area contributed by atoms with Gasteiger partial charge in [-0.2, -0.15) is 0 Å². The van der Waals surface area contributed by atoms with Gasteiger partial charge in [0.15, 0.2) is 0 Å². The van der Waals surface area contributed by atoms with Crippen LogP contribution in [-0.2, 0) is 23.2 Å². The molecule has 0 saturated heterocycles. The average molecular weight is 386 g/mol. The number of benzene rings is 1. The van der Waals surface area contributed by atoms with E-state index in [0.717, 1.165) is 19.1 Å². The summed E-state index contributed by atoms with van der Waals surface area (Å²) in [5.41, 5.74) is 3.19. The maximum absolute atomic E-state index is 2.54. The summed E-state index contributed by atoms with van der Waals surface area (Å²) in [7, 11) is 0.0449. The van der Waals surface area contributed by atoms with E-state index in [0.29, 0.717) is 0 Å². The Morgan fingerprint density at radius 3 is 2.73 bits per heavy atom. The van der Waals surface area contributed by atoms with Crippen molar-refractivity contribution >= 4 is 14.0 Å². The molecular weight excluding hydrogens is 362 g/mol. The third-order valence-corrected chi connectivity index (χ3v) is 12.4. The zero-order chi connectivity index (χ0) is 15.1. The van der Waals surface area contributed by atoms with Gasteiger partial charge in [0.05, 0.1) is 0 Å². The van der Waals surface area contributed by atoms with E-state index in [1.165, 1.54) is 18.4 Å². The standard InChI is InChI=1S/C11H12P.C9H11.Zr/c1-12(2)11-7-9-5-3-4-6-10(9)8-11;1-2-5-9-7-3-6-8(9)4-1;/h3-8H,1-2H3;1-2,4-6,8-9H,3,7H2;. The van der Waals surface area contributed by atoms with Gasteiger partial charge in [0.25, 0.3) is 0 Å². The summed E-state index contributed by atoms with van der Waals surface area (Å²) in [4.78, 5) is 0. The van der Waals surface area contributed by atoms with E-state index < -0.39 is 23.2 Å². The number of allylic oxidation sites excluding steroid dienone is 5. The van der Waals surface area contributed by atoms with Gasteiger partial charge in [-0.25, -0.2) is 0 Å². The van der Waals surface area contributed by atoms with Crippen LogP contribution >= 0.6 is 7.92 Å². The molecule has 2 heteroatoms. The Labute approximate surface area is 147 Å². The van der Waals surface area contributed by atoms with Gasteiger partial charge in [-0.05, 0) is 0 Å². The second-order valence-electron chi connectivity index (χ2n) is 6.89. The van der Waals surface area contributed by atoms with Gasteiger partial charge in [0.1, 0.15) is 0 Å². The molecule has 1 fully saturated rings. The van der Waals surface area contributed by atoms with E-state index in [1.54, 1.807) is 10.9 Å². The fourth-order valence-corrected chi connectivity index (χ4v) is 12.6. The minimum atomic E-state index is -0.471. The fraction of sp³-hybridized carbons (Fsp3) is 0.400. The summed E-state index contributed by atoms with van der Waals surface area (Å²) in [6.07, 6.45) is 15.0. The van der Waals surface area contributed by atoms with Crippen LogP contribution in [0.5, 0.6) is 0 Å². The van der Waals surface area contributed by atoms with E-state index in [4.69, 9.17) is 0 Å². The Kier molecular flexibility index (Phi) is 4.40. The number of fused-ring (bicyclic) bond motifs is 2. The molecule has 0 spiro atoms. The molecule has 112 valence electrons. The molecule has 0 nitrogen and oxygen atoms in total. The predicted molar refractivity (Wildman–Crippen MR) is 94.2 cm³/mol. The first-order valence-electron chi connectivity index (χ1n) is 8.33. The van der Waals surface area contributed by atoms with Gasteiger partial charge in [0, 0.05) is 0 Å². The van der Waals surface area contributed by atoms with Crippen LogP contribution in [0, 0.1) is 11.8 Å². The Morgan fingerprint density at radius 2 is 1.86 bits per heavy atom. The number of hydrogen-bond acceptors (Lipinski definition) is 0. The summed E-state index contributed by atoms with van der Waals surface area (Å²) >= 11 is -0.471. The second-order valence-corrected chi connectivity index (χ2v) is 13.3. The van der Waals surface area contributed by atoms with Crippen LogP contribution in [0.15, 0.2) is 53.9 Å². The Bertz CT molecular complexity index is 655. The van der Waals surface area contributed by atoms with Crippen LogP contribution in [0.1, 0.15) is 27.6 Å². The molecule has 3 aliphatic rings. The number of hydrogen-bond donors (Lipinski definition) is 0. The summed E-state index contributed by atoms with van der Waals surface area (Å²) in [5, 5.41) is 1.79. The number of rotatable bonds is 3. The molecule has 0 radical (unpaired) electrons. The summed E-state index contributed by atoms with van der Waals surface area (Å²) in [5.74, 6) is 1.72. The molecule has 0 aromatic heterocycles.